The summed E-state index contributed by atoms with van der Waals surface area (Å²) in [7, 11) is 0. The van der Waals surface area contributed by atoms with Crippen molar-refractivity contribution >= 4 is 84.8 Å². The Kier molecular flexibility index (Phi) is 7.24. The van der Waals surface area contributed by atoms with Gasteiger partial charge in [-0.15, -0.1) is 22.7 Å². The molecule has 0 saturated heterocycles. The maximum Gasteiger partial charge on any atom is 0.164 e. The first-order valence-corrected chi connectivity index (χ1v) is 20.7. The molecule has 0 amide bonds. The van der Waals surface area contributed by atoms with Gasteiger partial charge in [-0.2, -0.15) is 0 Å². The van der Waals surface area contributed by atoms with Gasteiger partial charge in [-0.05, 0) is 59.7 Å². The molecule has 0 radical (unpaired) electrons. The maximum atomic E-state index is 5.07. The highest BCUT2D eigenvalue weighted by Gasteiger charge is 2.20. The van der Waals surface area contributed by atoms with E-state index in [0.29, 0.717) is 17.5 Å². The third-order valence-corrected chi connectivity index (χ3v) is 13.4. The zero-order valence-corrected chi connectivity index (χ0v) is 32.1. The lowest BCUT2D eigenvalue weighted by atomic mass is 9.95. The van der Waals surface area contributed by atoms with Crippen molar-refractivity contribution in [3.8, 4) is 51.0 Å². The second kappa shape index (κ2) is 12.8. The van der Waals surface area contributed by atoms with Crippen molar-refractivity contribution < 1.29 is 0 Å². The summed E-state index contributed by atoms with van der Waals surface area (Å²) in [5.74, 6) is 1.98. The van der Waals surface area contributed by atoms with Gasteiger partial charge in [-0.25, -0.2) is 15.0 Å². The standard InChI is InChI=1S/C51H30N4S2/c1-3-14-31(15-4-1)49-52-50(32-16-5-2-6-17-32)54-51(53-49)33-28-29-43-39(30-33)47-37(21-12-26-44(47)56-43)36-20-13-27-45-46(36)38-22-11-25-42(48(38)57-45)55-40-23-9-7-18-34(40)35-19-8-10-24-41(35)55/h1-30H. The second-order valence-corrected chi connectivity index (χ2v) is 16.5. The van der Waals surface area contributed by atoms with Crippen LogP contribution in [0, 0.1) is 0 Å². The van der Waals surface area contributed by atoms with E-state index in [9.17, 15) is 0 Å². The summed E-state index contributed by atoms with van der Waals surface area (Å²) < 4.78 is 7.50. The molecule has 8 aromatic carbocycles. The first-order valence-electron chi connectivity index (χ1n) is 19.0. The third-order valence-electron chi connectivity index (χ3n) is 11.1. The van der Waals surface area contributed by atoms with Gasteiger partial charge in [0.05, 0.1) is 21.4 Å². The number of hydrogen-bond donors (Lipinski definition) is 0. The molecule has 0 bridgehead atoms. The van der Waals surface area contributed by atoms with E-state index in [-0.39, 0.29) is 0 Å². The molecule has 266 valence electrons. The van der Waals surface area contributed by atoms with E-state index in [1.807, 2.05) is 59.1 Å². The van der Waals surface area contributed by atoms with E-state index in [4.69, 9.17) is 15.0 Å². The second-order valence-electron chi connectivity index (χ2n) is 14.3. The van der Waals surface area contributed by atoms with E-state index < -0.39 is 0 Å². The Bertz CT molecular complexity index is 3410. The molecular formula is C51H30N4S2. The Morgan fingerprint density at radius 3 is 1.49 bits per heavy atom. The van der Waals surface area contributed by atoms with Gasteiger partial charge < -0.3 is 4.57 Å². The number of fused-ring (bicyclic) bond motifs is 9. The molecule has 4 nitrogen and oxygen atoms in total. The molecule has 4 heterocycles. The van der Waals surface area contributed by atoms with Crippen LogP contribution in [0.4, 0.5) is 0 Å². The molecule has 6 heteroatoms. The van der Waals surface area contributed by atoms with Gasteiger partial charge in [0, 0.05) is 63.1 Å². The SMILES string of the molecule is c1ccc(-c2nc(-c3ccccc3)nc(-c3ccc4sc5cccc(-c6cccc7sc8c(-n9c%10ccccc%10c%10ccccc%109)cccc8c67)c5c4c3)n2)cc1. The predicted octanol–water partition coefficient (Wildman–Crippen LogP) is 14.4. The fourth-order valence-corrected chi connectivity index (χ4v) is 10.9. The Morgan fingerprint density at radius 1 is 0.351 bits per heavy atom. The van der Waals surface area contributed by atoms with Gasteiger partial charge in [0.15, 0.2) is 17.5 Å². The maximum absolute atomic E-state index is 5.07. The van der Waals surface area contributed by atoms with Gasteiger partial charge in [0.1, 0.15) is 0 Å². The number of benzene rings is 8. The van der Waals surface area contributed by atoms with Crippen molar-refractivity contribution in [2.24, 2.45) is 0 Å². The summed E-state index contributed by atoms with van der Waals surface area (Å²) in [5, 5.41) is 7.56. The molecule has 12 aromatic rings. The average molecular weight is 763 g/mol. The highest BCUT2D eigenvalue weighted by atomic mass is 32.1. The van der Waals surface area contributed by atoms with Crippen LogP contribution in [-0.4, -0.2) is 19.5 Å². The molecule has 4 aromatic heterocycles. The van der Waals surface area contributed by atoms with Crippen LogP contribution < -0.4 is 0 Å². The Morgan fingerprint density at radius 2 is 0.860 bits per heavy atom. The minimum atomic E-state index is 0.657. The van der Waals surface area contributed by atoms with E-state index in [1.54, 1.807) is 0 Å². The zero-order valence-electron chi connectivity index (χ0n) is 30.4. The first kappa shape index (κ1) is 32.3. The topological polar surface area (TPSA) is 43.6 Å². The minimum absolute atomic E-state index is 0.657. The summed E-state index contributed by atoms with van der Waals surface area (Å²) >= 11 is 3.72. The van der Waals surface area contributed by atoms with Crippen molar-refractivity contribution in [1.82, 2.24) is 19.5 Å². The monoisotopic (exact) mass is 762 g/mol. The van der Waals surface area contributed by atoms with Crippen molar-refractivity contribution in [2.75, 3.05) is 0 Å². The molecule has 0 atom stereocenters. The van der Waals surface area contributed by atoms with E-state index in [1.165, 1.54) is 79.0 Å². The quantitative estimate of drug-likeness (QED) is 0.175. The molecule has 0 aliphatic heterocycles. The van der Waals surface area contributed by atoms with Crippen molar-refractivity contribution in [1.29, 1.82) is 0 Å². The van der Waals surface area contributed by atoms with Crippen LogP contribution in [0.1, 0.15) is 0 Å². The average Bonchev–Trinajstić information content (AvgIpc) is 3.96. The smallest absolute Gasteiger partial charge is 0.164 e. The minimum Gasteiger partial charge on any atom is -0.308 e. The van der Waals surface area contributed by atoms with Crippen LogP contribution in [0.25, 0.3) is 113 Å². The first-order chi connectivity index (χ1) is 28.3. The number of hydrogen-bond acceptors (Lipinski definition) is 5. The number of nitrogens with zero attached hydrogens (tertiary/aromatic N) is 4. The number of para-hydroxylation sites is 2. The fourth-order valence-electron chi connectivity index (χ4n) is 8.54. The highest BCUT2D eigenvalue weighted by molar-refractivity contribution is 7.26. The van der Waals surface area contributed by atoms with E-state index in [2.05, 4.69) is 150 Å². The molecule has 12 rings (SSSR count). The molecule has 0 spiro atoms. The Balaban J connectivity index is 1.07. The van der Waals surface area contributed by atoms with Crippen molar-refractivity contribution in [2.45, 2.75) is 0 Å². The summed E-state index contributed by atoms with van der Waals surface area (Å²) in [6.07, 6.45) is 0. The van der Waals surface area contributed by atoms with Crippen LogP contribution in [0.2, 0.25) is 0 Å². The van der Waals surface area contributed by atoms with Gasteiger partial charge in [-0.1, -0.05) is 133 Å². The largest absolute Gasteiger partial charge is 0.308 e. The molecule has 0 unspecified atom stereocenters. The van der Waals surface area contributed by atoms with Gasteiger partial charge >= 0.3 is 0 Å². The lowest BCUT2D eigenvalue weighted by molar-refractivity contribution is 1.07. The van der Waals surface area contributed by atoms with Gasteiger partial charge in [-0.3, -0.25) is 0 Å². The number of aromatic nitrogens is 4. The van der Waals surface area contributed by atoms with Crippen LogP contribution in [0.5, 0.6) is 0 Å². The normalized spacial score (nSPS) is 11.9. The molecule has 0 fully saturated rings. The van der Waals surface area contributed by atoms with Gasteiger partial charge in [0.25, 0.3) is 0 Å². The summed E-state index contributed by atoms with van der Waals surface area (Å²) in [6.45, 7) is 0. The van der Waals surface area contributed by atoms with Crippen molar-refractivity contribution in [3.63, 3.8) is 0 Å². The molecule has 57 heavy (non-hydrogen) atoms. The van der Waals surface area contributed by atoms with Gasteiger partial charge in [0.2, 0.25) is 0 Å². The fraction of sp³-hybridized carbons (Fsp3) is 0. The molecule has 0 aliphatic rings. The Hall–Kier alpha value is -6.99. The van der Waals surface area contributed by atoms with Crippen LogP contribution in [0.15, 0.2) is 182 Å². The number of thiophene rings is 2. The van der Waals surface area contributed by atoms with Crippen LogP contribution in [0.3, 0.4) is 0 Å². The van der Waals surface area contributed by atoms with E-state index >= 15 is 0 Å². The third kappa shape index (κ3) is 5.08. The van der Waals surface area contributed by atoms with Crippen LogP contribution >= 0.6 is 22.7 Å². The lowest BCUT2D eigenvalue weighted by Gasteiger charge is -2.10. The summed E-state index contributed by atoms with van der Waals surface area (Å²) in [5.41, 5.74) is 9.01. The summed E-state index contributed by atoms with van der Waals surface area (Å²) in [4.78, 5) is 15.1. The zero-order chi connectivity index (χ0) is 37.5. The molecule has 0 aliphatic carbocycles. The Labute approximate surface area is 335 Å². The molecular weight excluding hydrogens is 733 g/mol. The molecule has 0 N–H and O–H groups in total. The molecule has 0 saturated carbocycles. The number of rotatable bonds is 5. The predicted molar refractivity (Wildman–Crippen MR) is 242 cm³/mol. The van der Waals surface area contributed by atoms with Crippen molar-refractivity contribution in [3.05, 3.63) is 182 Å². The van der Waals surface area contributed by atoms with E-state index in [0.717, 1.165) is 16.7 Å². The lowest BCUT2D eigenvalue weighted by Crippen LogP contribution is -2.00. The van der Waals surface area contributed by atoms with Crippen LogP contribution in [-0.2, 0) is 0 Å². The summed E-state index contributed by atoms with van der Waals surface area (Å²) in [6, 6.07) is 64.8. The highest BCUT2D eigenvalue weighted by Crippen LogP contribution is 2.47.